The minimum Gasteiger partial charge on any atom is -0.462 e. The SMILES string of the molecule is CCCCCCCCC(CCCCCC)OC(=O)CCCCCOCC(CO)OCCCCCC(=O)OC(CCCCCC)CCCCCCCC. The van der Waals surface area contributed by atoms with Gasteiger partial charge in [-0.1, -0.05) is 143 Å². The van der Waals surface area contributed by atoms with Gasteiger partial charge < -0.3 is 24.1 Å². The van der Waals surface area contributed by atoms with Crippen molar-refractivity contribution in [2.45, 2.75) is 251 Å². The highest BCUT2D eigenvalue weighted by Crippen LogP contribution is 2.19. The van der Waals surface area contributed by atoms with Crippen LogP contribution in [0.2, 0.25) is 0 Å². The molecule has 7 heteroatoms. The molecule has 0 spiro atoms. The number of aliphatic hydroxyl groups excluding tert-OH is 1. The lowest BCUT2D eigenvalue weighted by atomic mass is 10.0. The summed E-state index contributed by atoms with van der Waals surface area (Å²) in [6, 6.07) is 0. The molecule has 0 rings (SSSR count). The van der Waals surface area contributed by atoms with Crippen molar-refractivity contribution in [2.75, 3.05) is 26.4 Å². The summed E-state index contributed by atoms with van der Waals surface area (Å²) in [5.74, 6) is -0.111. The van der Waals surface area contributed by atoms with E-state index in [1.165, 1.54) is 103 Å². The fraction of sp³-hybridized carbons (Fsp3) is 0.956. The molecule has 0 aliphatic heterocycles. The molecule has 0 bridgehead atoms. The Labute approximate surface area is 322 Å². The maximum atomic E-state index is 12.6. The van der Waals surface area contributed by atoms with Gasteiger partial charge in [0, 0.05) is 26.1 Å². The number of hydrogen-bond acceptors (Lipinski definition) is 7. The highest BCUT2D eigenvalue weighted by Gasteiger charge is 2.16. The van der Waals surface area contributed by atoms with Gasteiger partial charge in [0.1, 0.15) is 18.3 Å². The van der Waals surface area contributed by atoms with Crippen LogP contribution in [0.15, 0.2) is 0 Å². The molecule has 0 radical (unpaired) electrons. The Kier molecular flexibility index (Phi) is 40.1. The molecule has 0 aromatic rings. The molecule has 310 valence electrons. The van der Waals surface area contributed by atoms with Gasteiger partial charge in [0.05, 0.1) is 13.2 Å². The van der Waals surface area contributed by atoms with Crippen molar-refractivity contribution >= 4 is 11.9 Å². The molecular formula is C45H88O7. The average molecular weight is 741 g/mol. The van der Waals surface area contributed by atoms with Crippen molar-refractivity contribution in [2.24, 2.45) is 0 Å². The number of unbranched alkanes of at least 4 members (excludes halogenated alkanes) is 20. The van der Waals surface area contributed by atoms with Gasteiger partial charge in [0.25, 0.3) is 0 Å². The van der Waals surface area contributed by atoms with Crippen molar-refractivity contribution in [3.05, 3.63) is 0 Å². The van der Waals surface area contributed by atoms with Crippen LogP contribution >= 0.6 is 0 Å². The molecular weight excluding hydrogens is 652 g/mol. The molecule has 0 aliphatic carbocycles. The molecule has 0 heterocycles. The molecule has 1 N–H and O–H groups in total. The van der Waals surface area contributed by atoms with E-state index in [-0.39, 0.29) is 36.9 Å². The van der Waals surface area contributed by atoms with Crippen molar-refractivity contribution in [1.29, 1.82) is 0 Å². The summed E-state index contributed by atoms with van der Waals surface area (Å²) in [5.41, 5.74) is 0. The molecule has 7 nitrogen and oxygen atoms in total. The van der Waals surface area contributed by atoms with Crippen LogP contribution in [0, 0.1) is 0 Å². The minimum atomic E-state index is -0.337. The van der Waals surface area contributed by atoms with Crippen LogP contribution in [0.1, 0.15) is 233 Å². The van der Waals surface area contributed by atoms with Crippen molar-refractivity contribution < 1.29 is 33.6 Å². The Morgan fingerprint density at radius 1 is 0.423 bits per heavy atom. The number of carbonyl (C=O) groups excluding carboxylic acids is 2. The third kappa shape index (κ3) is 35.8. The second-order valence-corrected chi connectivity index (χ2v) is 15.4. The van der Waals surface area contributed by atoms with Crippen LogP contribution in [0.3, 0.4) is 0 Å². The van der Waals surface area contributed by atoms with Gasteiger partial charge in [0.2, 0.25) is 0 Å². The summed E-state index contributed by atoms with van der Waals surface area (Å²) < 4.78 is 23.5. The van der Waals surface area contributed by atoms with E-state index in [9.17, 15) is 14.7 Å². The van der Waals surface area contributed by atoms with E-state index >= 15 is 0 Å². The van der Waals surface area contributed by atoms with Gasteiger partial charge in [-0.05, 0) is 77.0 Å². The first-order valence-corrected chi connectivity index (χ1v) is 22.7. The molecule has 0 saturated heterocycles. The Morgan fingerprint density at radius 3 is 1.17 bits per heavy atom. The molecule has 0 amide bonds. The first-order chi connectivity index (χ1) is 25.5. The van der Waals surface area contributed by atoms with Crippen LogP contribution in [0.4, 0.5) is 0 Å². The lowest BCUT2D eigenvalue weighted by Crippen LogP contribution is -2.25. The van der Waals surface area contributed by atoms with Crippen molar-refractivity contribution in [1.82, 2.24) is 0 Å². The normalized spacial score (nSPS) is 13.2. The van der Waals surface area contributed by atoms with Gasteiger partial charge in [-0.15, -0.1) is 0 Å². The maximum Gasteiger partial charge on any atom is 0.306 e. The first-order valence-electron chi connectivity index (χ1n) is 22.7. The first kappa shape index (κ1) is 50.8. The summed E-state index contributed by atoms with van der Waals surface area (Å²) in [7, 11) is 0. The van der Waals surface area contributed by atoms with Gasteiger partial charge in [0.15, 0.2) is 0 Å². The highest BCUT2D eigenvalue weighted by molar-refractivity contribution is 5.69. The van der Waals surface area contributed by atoms with E-state index in [2.05, 4.69) is 27.7 Å². The van der Waals surface area contributed by atoms with Crippen LogP contribution in [0.25, 0.3) is 0 Å². The fourth-order valence-electron chi connectivity index (χ4n) is 6.73. The standard InChI is InChI=1S/C45H88O7/c1-5-9-13-17-19-25-33-41(31-23-15-11-7-3)51-44(47)35-27-21-29-37-49-40-43(39-46)50-38-30-22-28-36-45(48)52-42(32-24-16-12-8-4)34-26-20-18-14-10-6-2/h41-43,46H,5-40H2,1-4H3. The maximum absolute atomic E-state index is 12.6. The van der Waals surface area contributed by atoms with Gasteiger partial charge in [-0.25, -0.2) is 0 Å². The van der Waals surface area contributed by atoms with E-state index in [0.717, 1.165) is 89.9 Å². The lowest BCUT2D eigenvalue weighted by Gasteiger charge is -2.18. The molecule has 3 atom stereocenters. The van der Waals surface area contributed by atoms with Crippen LogP contribution in [-0.4, -0.2) is 61.8 Å². The molecule has 0 aliphatic rings. The minimum absolute atomic E-state index is 0.0523. The monoisotopic (exact) mass is 741 g/mol. The highest BCUT2D eigenvalue weighted by atomic mass is 16.5. The second-order valence-electron chi connectivity index (χ2n) is 15.4. The zero-order chi connectivity index (χ0) is 38.2. The third-order valence-corrected chi connectivity index (χ3v) is 10.2. The Bertz CT molecular complexity index is 745. The summed E-state index contributed by atoms with van der Waals surface area (Å²) in [4.78, 5) is 25.2. The van der Waals surface area contributed by atoms with Crippen LogP contribution < -0.4 is 0 Å². The Hall–Kier alpha value is -1.18. The van der Waals surface area contributed by atoms with Crippen LogP contribution in [-0.2, 0) is 28.5 Å². The van der Waals surface area contributed by atoms with Gasteiger partial charge >= 0.3 is 11.9 Å². The van der Waals surface area contributed by atoms with E-state index < -0.39 is 0 Å². The number of rotatable bonds is 42. The predicted octanol–water partition coefficient (Wildman–Crippen LogP) is 12.8. The van der Waals surface area contributed by atoms with Crippen molar-refractivity contribution in [3.8, 4) is 0 Å². The third-order valence-electron chi connectivity index (χ3n) is 10.2. The number of aliphatic hydroxyl groups is 1. The molecule has 0 fully saturated rings. The van der Waals surface area contributed by atoms with Gasteiger partial charge in [-0.2, -0.15) is 0 Å². The number of carbonyl (C=O) groups is 2. The van der Waals surface area contributed by atoms with E-state index in [4.69, 9.17) is 18.9 Å². The smallest absolute Gasteiger partial charge is 0.306 e. The van der Waals surface area contributed by atoms with Crippen molar-refractivity contribution in [3.63, 3.8) is 0 Å². The lowest BCUT2D eigenvalue weighted by molar-refractivity contribution is -0.151. The quantitative estimate of drug-likeness (QED) is 0.0492. The average Bonchev–Trinajstić information content (AvgIpc) is 3.14. The zero-order valence-corrected chi connectivity index (χ0v) is 35.1. The number of esters is 2. The number of ether oxygens (including phenoxy) is 4. The molecule has 52 heavy (non-hydrogen) atoms. The topological polar surface area (TPSA) is 91.3 Å². The predicted molar refractivity (Wildman–Crippen MR) is 218 cm³/mol. The van der Waals surface area contributed by atoms with E-state index in [1.807, 2.05) is 0 Å². The van der Waals surface area contributed by atoms with Gasteiger partial charge in [-0.3, -0.25) is 9.59 Å². The summed E-state index contributed by atoms with van der Waals surface area (Å²) in [5, 5.41) is 9.73. The summed E-state index contributed by atoms with van der Waals surface area (Å²) >= 11 is 0. The van der Waals surface area contributed by atoms with E-state index in [0.29, 0.717) is 32.7 Å². The fourth-order valence-corrected chi connectivity index (χ4v) is 6.73. The summed E-state index contributed by atoms with van der Waals surface area (Å²) in [6.07, 6.45) is 34.7. The van der Waals surface area contributed by atoms with Crippen LogP contribution in [0.5, 0.6) is 0 Å². The molecule has 0 saturated carbocycles. The summed E-state index contributed by atoms with van der Waals surface area (Å²) in [6.45, 7) is 10.4. The molecule has 3 unspecified atom stereocenters. The van der Waals surface area contributed by atoms with E-state index in [1.54, 1.807) is 0 Å². The molecule has 0 aromatic carbocycles. The second kappa shape index (κ2) is 41.0. The zero-order valence-electron chi connectivity index (χ0n) is 35.1. The molecule has 0 aromatic heterocycles. The Balaban J connectivity index is 4.07. The largest absolute Gasteiger partial charge is 0.462 e. The number of hydrogen-bond donors (Lipinski definition) is 1. The Morgan fingerprint density at radius 2 is 0.769 bits per heavy atom.